The summed E-state index contributed by atoms with van der Waals surface area (Å²) in [6.07, 6.45) is 1.42. The summed E-state index contributed by atoms with van der Waals surface area (Å²) in [5, 5.41) is 0. The number of nitrogens with zero attached hydrogens (tertiary/aromatic N) is 1. The Labute approximate surface area is 152 Å². The summed E-state index contributed by atoms with van der Waals surface area (Å²) in [5.41, 5.74) is 3.49. The zero-order chi connectivity index (χ0) is 18.7. The van der Waals surface area contributed by atoms with Crippen LogP contribution < -0.4 is 4.90 Å². The minimum absolute atomic E-state index is 0.103. The number of carbonyl (C=O) groups is 3. The molecule has 0 unspecified atom stereocenters. The van der Waals surface area contributed by atoms with Gasteiger partial charge in [0.25, 0.3) is 0 Å². The minimum atomic E-state index is -0.501. The van der Waals surface area contributed by atoms with Crippen molar-refractivity contribution in [2.45, 2.75) is 26.7 Å². The molecule has 0 spiro atoms. The first-order valence-electron chi connectivity index (χ1n) is 8.64. The first kappa shape index (κ1) is 17.9. The molecule has 1 aliphatic heterocycles. The number of ether oxygens (including phenoxy) is 1. The van der Waals surface area contributed by atoms with E-state index >= 15 is 0 Å². The normalized spacial score (nSPS) is 13.8. The van der Waals surface area contributed by atoms with E-state index in [0.717, 1.165) is 23.2 Å². The molecule has 3 rings (SSSR count). The van der Waals surface area contributed by atoms with E-state index in [0.29, 0.717) is 24.1 Å². The number of carbonyl (C=O) groups excluding carboxylic acids is 3. The highest BCUT2D eigenvalue weighted by molar-refractivity contribution is 6.00. The maximum absolute atomic E-state index is 12.3. The van der Waals surface area contributed by atoms with Crippen molar-refractivity contribution in [2.24, 2.45) is 0 Å². The molecule has 0 radical (unpaired) electrons. The van der Waals surface area contributed by atoms with Crippen LogP contribution in [-0.2, 0) is 9.53 Å². The van der Waals surface area contributed by atoms with E-state index in [-0.39, 0.29) is 18.3 Å². The van der Waals surface area contributed by atoms with Gasteiger partial charge in [0, 0.05) is 24.2 Å². The molecule has 1 saturated heterocycles. The number of Topliss-reactive ketones (excluding diaryl/α,β-unsaturated/α-hetero) is 1. The second kappa shape index (κ2) is 7.52. The van der Waals surface area contributed by atoms with Gasteiger partial charge in [-0.25, -0.2) is 4.79 Å². The Bertz CT molecular complexity index is 855. The molecule has 0 N–H and O–H groups in total. The number of aryl methyl sites for hydroxylation is 2. The van der Waals surface area contributed by atoms with E-state index in [4.69, 9.17) is 4.74 Å². The van der Waals surface area contributed by atoms with Crippen molar-refractivity contribution in [2.75, 3.05) is 18.1 Å². The van der Waals surface area contributed by atoms with Crippen LogP contribution in [0.2, 0.25) is 0 Å². The van der Waals surface area contributed by atoms with Crippen LogP contribution in [0.15, 0.2) is 42.5 Å². The van der Waals surface area contributed by atoms with Gasteiger partial charge in [0.05, 0.1) is 5.56 Å². The van der Waals surface area contributed by atoms with Crippen molar-refractivity contribution in [1.82, 2.24) is 0 Å². The highest BCUT2D eigenvalue weighted by Gasteiger charge is 2.22. The number of amides is 1. The zero-order valence-electron chi connectivity index (χ0n) is 15.0. The van der Waals surface area contributed by atoms with Gasteiger partial charge >= 0.3 is 5.97 Å². The molecule has 134 valence electrons. The zero-order valence-corrected chi connectivity index (χ0v) is 15.0. The largest absolute Gasteiger partial charge is 0.454 e. The predicted octanol–water partition coefficient (Wildman–Crippen LogP) is 3.47. The summed E-state index contributed by atoms with van der Waals surface area (Å²) in [4.78, 5) is 37.9. The molecule has 1 heterocycles. The lowest BCUT2D eigenvalue weighted by Crippen LogP contribution is -2.23. The smallest absolute Gasteiger partial charge is 0.338 e. The van der Waals surface area contributed by atoms with Crippen LogP contribution in [0, 0.1) is 13.8 Å². The summed E-state index contributed by atoms with van der Waals surface area (Å²) in [6, 6.07) is 12.4. The number of hydrogen-bond donors (Lipinski definition) is 0. The van der Waals surface area contributed by atoms with Crippen molar-refractivity contribution >= 4 is 23.3 Å². The second-order valence-corrected chi connectivity index (χ2v) is 6.51. The standard InChI is InChI=1S/C21H21NO4/c1-14-5-6-15(2)18(12-14)21(25)26-13-19(23)16-7-9-17(10-8-16)22-11-3-4-20(22)24/h5-10,12H,3-4,11,13H2,1-2H3. The minimum Gasteiger partial charge on any atom is -0.454 e. The fourth-order valence-corrected chi connectivity index (χ4v) is 3.00. The van der Waals surface area contributed by atoms with Gasteiger partial charge in [0.2, 0.25) is 5.91 Å². The van der Waals surface area contributed by atoms with Gasteiger partial charge in [-0.2, -0.15) is 0 Å². The molecule has 5 nitrogen and oxygen atoms in total. The highest BCUT2D eigenvalue weighted by atomic mass is 16.5. The molecule has 0 aliphatic carbocycles. The molecule has 26 heavy (non-hydrogen) atoms. The van der Waals surface area contributed by atoms with Gasteiger partial charge in [-0.15, -0.1) is 0 Å². The van der Waals surface area contributed by atoms with E-state index in [1.807, 2.05) is 26.0 Å². The maximum atomic E-state index is 12.3. The van der Waals surface area contributed by atoms with E-state index in [2.05, 4.69) is 0 Å². The van der Waals surface area contributed by atoms with Crippen LogP contribution in [0.1, 0.15) is 44.7 Å². The third kappa shape index (κ3) is 3.82. The second-order valence-electron chi connectivity index (χ2n) is 6.51. The Morgan fingerprint density at radius 3 is 2.46 bits per heavy atom. The molecule has 0 saturated carbocycles. The van der Waals surface area contributed by atoms with Crippen LogP contribution in [0.3, 0.4) is 0 Å². The fourth-order valence-electron chi connectivity index (χ4n) is 3.00. The van der Waals surface area contributed by atoms with Crippen LogP contribution in [0.25, 0.3) is 0 Å². The molecular weight excluding hydrogens is 330 g/mol. The van der Waals surface area contributed by atoms with Gasteiger partial charge in [-0.1, -0.05) is 17.7 Å². The van der Waals surface area contributed by atoms with E-state index in [1.54, 1.807) is 35.2 Å². The van der Waals surface area contributed by atoms with Crippen molar-refractivity contribution in [1.29, 1.82) is 0 Å². The molecule has 1 aliphatic rings. The van der Waals surface area contributed by atoms with Gasteiger partial charge in [-0.3, -0.25) is 9.59 Å². The average Bonchev–Trinajstić information content (AvgIpc) is 3.07. The highest BCUT2D eigenvalue weighted by Crippen LogP contribution is 2.21. The number of anilines is 1. The molecule has 5 heteroatoms. The van der Waals surface area contributed by atoms with Gasteiger partial charge < -0.3 is 9.64 Å². The van der Waals surface area contributed by atoms with Gasteiger partial charge in [0.15, 0.2) is 12.4 Å². The van der Waals surface area contributed by atoms with Crippen molar-refractivity contribution in [3.8, 4) is 0 Å². The summed E-state index contributed by atoms with van der Waals surface area (Å²) in [7, 11) is 0. The van der Waals surface area contributed by atoms with E-state index in [9.17, 15) is 14.4 Å². The van der Waals surface area contributed by atoms with Gasteiger partial charge in [-0.05, 0) is 56.2 Å². The van der Waals surface area contributed by atoms with Crippen molar-refractivity contribution in [3.05, 3.63) is 64.7 Å². The van der Waals surface area contributed by atoms with E-state index < -0.39 is 5.97 Å². The van der Waals surface area contributed by atoms with Gasteiger partial charge in [0.1, 0.15) is 0 Å². The Morgan fingerprint density at radius 2 is 1.81 bits per heavy atom. The molecule has 2 aromatic carbocycles. The first-order chi connectivity index (χ1) is 12.5. The molecule has 1 amide bonds. The van der Waals surface area contributed by atoms with E-state index in [1.165, 1.54) is 0 Å². The average molecular weight is 351 g/mol. The lowest BCUT2D eigenvalue weighted by molar-refractivity contribution is -0.117. The van der Waals surface area contributed by atoms with Crippen LogP contribution in [0.5, 0.6) is 0 Å². The SMILES string of the molecule is Cc1ccc(C)c(C(=O)OCC(=O)c2ccc(N3CCCC3=O)cc2)c1. The number of esters is 1. The Balaban J connectivity index is 1.62. The third-order valence-electron chi connectivity index (χ3n) is 4.52. The first-order valence-corrected chi connectivity index (χ1v) is 8.64. The Morgan fingerprint density at radius 1 is 1.08 bits per heavy atom. The summed E-state index contributed by atoms with van der Waals surface area (Å²) in [5.74, 6) is -0.673. The summed E-state index contributed by atoms with van der Waals surface area (Å²) >= 11 is 0. The number of hydrogen-bond acceptors (Lipinski definition) is 4. The fraction of sp³-hybridized carbons (Fsp3) is 0.286. The number of rotatable bonds is 5. The van der Waals surface area contributed by atoms with Crippen LogP contribution in [0.4, 0.5) is 5.69 Å². The maximum Gasteiger partial charge on any atom is 0.338 e. The molecular formula is C21H21NO4. The summed E-state index contributed by atoms with van der Waals surface area (Å²) < 4.78 is 5.17. The Hall–Kier alpha value is -2.95. The third-order valence-corrected chi connectivity index (χ3v) is 4.52. The molecule has 0 aromatic heterocycles. The molecule has 2 aromatic rings. The van der Waals surface area contributed by atoms with Crippen LogP contribution >= 0.6 is 0 Å². The quantitative estimate of drug-likeness (QED) is 0.611. The molecule has 0 bridgehead atoms. The Kier molecular flexibility index (Phi) is 5.16. The number of benzene rings is 2. The predicted molar refractivity (Wildman–Crippen MR) is 98.6 cm³/mol. The summed E-state index contributed by atoms with van der Waals surface area (Å²) in [6.45, 7) is 4.12. The number of ketones is 1. The lowest BCUT2D eigenvalue weighted by Gasteiger charge is -2.15. The molecule has 1 fully saturated rings. The topological polar surface area (TPSA) is 63.7 Å². The van der Waals surface area contributed by atoms with Crippen molar-refractivity contribution < 1.29 is 19.1 Å². The van der Waals surface area contributed by atoms with Crippen molar-refractivity contribution in [3.63, 3.8) is 0 Å². The monoisotopic (exact) mass is 351 g/mol. The molecule has 0 atom stereocenters. The lowest BCUT2D eigenvalue weighted by atomic mass is 10.1. The van der Waals surface area contributed by atoms with Crippen LogP contribution in [-0.4, -0.2) is 30.8 Å².